The third-order valence-electron chi connectivity index (χ3n) is 4.83. The Bertz CT molecular complexity index is 1030. The van der Waals surface area contributed by atoms with Crippen LogP contribution in [-0.4, -0.2) is 9.97 Å². The zero-order chi connectivity index (χ0) is 25.3. The SMILES string of the molecule is C=C(C)/C(C)=C\C=C(/C)OC1=CCC=C(C)C=C1.C=C/C(=C\C=C(\C)CC)Sc1ncccn1. The molecule has 0 bridgehead atoms. The molecule has 0 spiro atoms. The average molecular weight is 475 g/mol. The first-order valence-electron chi connectivity index (χ1n) is 11.4. The fraction of sp³-hybridized carbons (Fsp3) is 0.267. The second-order valence-corrected chi connectivity index (χ2v) is 8.95. The average Bonchev–Trinajstić information content (AvgIpc) is 3.04. The topological polar surface area (TPSA) is 35.0 Å². The first kappa shape index (κ1) is 28.9. The molecule has 1 aliphatic rings. The van der Waals surface area contributed by atoms with Crippen LogP contribution in [0.25, 0.3) is 0 Å². The van der Waals surface area contributed by atoms with Gasteiger partial charge in [-0.3, -0.25) is 0 Å². The summed E-state index contributed by atoms with van der Waals surface area (Å²) in [6, 6.07) is 1.81. The van der Waals surface area contributed by atoms with Gasteiger partial charge in [0.1, 0.15) is 11.5 Å². The van der Waals surface area contributed by atoms with E-state index in [2.05, 4.69) is 68.2 Å². The summed E-state index contributed by atoms with van der Waals surface area (Å²) in [5.41, 5.74) is 4.85. The number of allylic oxidation sites excluding steroid dienone is 14. The second-order valence-electron chi connectivity index (χ2n) is 7.91. The van der Waals surface area contributed by atoms with E-state index in [-0.39, 0.29) is 0 Å². The molecule has 0 saturated heterocycles. The van der Waals surface area contributed by atoms with Gasteiger partial charge in [0.05, 0.1) is 0 Å². The summed E-state index contributed by atoms with van der Waals surface area (Å²) in [6.45, 7) is 20.0. The molecule has 34 heavy (non-hydrogen) atoms. The Hall–Kier alpha value is -3.11. The molecular formula is C30H38N2OS. The summed E-state index contributed by atoms with van der Waals surface area (Å²) in [5.74, 6) is 1.78. The van der Waals surface area contributed by atoms with Gasteiger partial charge in [-0.2, -0.15) is 0 Å². The fourth-order valence-corrected chi connectivity index (χ4v) is 2.98. The number of aromatic nitrogens is 2. The number of ether oxygens (including phenoxy) is 1. The maximum absolute atomic E-state index is 5.78. The number of hydrogen-bond donors (Lipinski definition) is 0. The number of thioether (sulfide) groups is 1. The van der Waals surface area contributed by atoms with Crippen LogP contribution in [0.1, 0.15) is 54.4 Å². The van der Waals surface area contributed by atoms with E-state index in [1.807, 2.05) is 57.2 Å². The summed E-state index contributed by atoms with van der Waals surface area (Å²) in [4.78, 5) is 9.37. The largest absolute Gasteiger partial charge is 0.462 e. The van der Waals surface area contributed by atoms with Gasteiger partial charge in [0.2, 0.25) is 0 Å². The van der Waals surface area contributed by atoms with E-state index in [1.54, 1.807) is 12.4 Å². The lowest BCUT2D eigenvalue weighted by molar-refractivity contribution is 0.321. The third kappa shape index (κ3) is 12.8. The van der Waals surface area contributed by atoms with Crippen molar-refractivity contribution in [2.24, 2.45) is 0 Å². The first-order chi connectivity index (χ1) is 16.2. The molecule has 0 saturated carbocycles. The van der Waals surface area contributed by atoms with Crippen molar-refractivity contribution < 1.29 is 4.74 Å². The van der Waals surface area contributed by atoms with E-state index in [0.29, 0.717) is 0 Å². The molecule has 1 aliphatic carbocycles. The Morgan fingerprint density at radius 3 is 2.35 bits per heavy atom. The Morgan fingerprint density at radius 2 is 1.74 bits per heavy atom. The maximum Gasteiger partial charge on any atom is 0.192 e. The van der Waals surface area contributed by atoms with Gasteiger partial charge in [0.25, 0.3) is 0 Å². The van der Waals surface area contributed by atoms with Gasteiger partial charge in [-0.1, -0.05) is 67.2 Å². The van der Waals surface area contributed by atoms with Gasteiger partial charge in [-0.05, 0) is 95.2 Å². The number of hydrogen-bond acceptors (Lipinski definition) is 4. The van der Waals surface area contributed by atoms with Crippen LogP contribution in [0.15, 0.2) is 130 Å². The highest BCUT2D eigenvalue weighted by Crippen LogP contribution is 2.23. The van der Waals surface area contributed by atoms with Crippen LogP contribution in [0.3, 0.4) is 0 Å². The van der Waals surface area contributed by atoms with Crippen LogP contribution in [0.5, 0.6) is 0 Å². The molecule has 0 aliphatic heterocycles. The molecule has 1 aromatic rings. The highest BCUT2D eigenvalue weighted by molar-refractivity contribution is 8.03. The van der Waals surface area contributed by atoms with E-state index < -0.39 is 0 Å². The van der Waals surface area contributed by atoms with Crippen molar-refractivity contribution in [3.05, 3.63) is 125 Å². The zero-order valence-corrected chi connectivity index (χ0v) is 22.3. The summed E-state index contributed by atoms with van der Waals surface area (Å²) >= 11 is 1.52. The Labute approximate surface area is 210 Å². The smallest absolute Gasteiger partial charge is 0.192 e. The highest BCUT2D eigenvalue weighted by Gasteiger charge is 1.99. The molecule has 3 nitrogen and oxygen atoms in total. The monoisotopic (exact) mass is 474 g/mol. The normalized spacial score (nSPS) is 14.9. The minimum atomic E-state index is 0.746. The van der Waals surface area contributed by atoms with Gasteiger partial charge < -0.3 is 4.74 Å². The minimum Gasteiger partial charge on any atom is -0.462 e. The molecule has 0 aromatic carbocycles. The van der Waals surface area contributed by atoms with Crippen LogP contribution in [0.2, 0.25) is 0 Å². The molecule has 180 valence electrons. The van der Waals surface area contributed by atoms with Crippen LogP contribution in [0, 0.1) is 0 Å². The molecule has 1 heterocycles. The van der Waals surface area contributed by atoms with E-state index in [4.69, 9.17) is 4.74 Å². The van der Waals surface area contributed by atoms with Crippen molar-refractivity contribution in [3.63, 3.8) is 0 Å². The van der Waals surface area contributed by atoms with E-state index >= 15 is 0 Å². The van der Waals surface area contributed by atoms with Crippen molar-refractivity contribution in [2.45, 2.75) is 59.5 Å². The highest BCUT2D eigenvalue weighted by atomic mass is 32.2. The van der Waals surface area contributed by atoms with Crippen molar-refractivity contribution >= 4 is 11.8 Å². The lowest BCUT2D eigenvalue weighted by Gasteiger charge is -2.05. The third-order valence-corrected chi connectivity index (χ3v) is 5.76. The van der Waals surface area contributed by atoms with Gasteiger partial charge in [-0.15, -0.1) is 0 Å². The summed E-state index contributed by atoms with van der Waals surface area (Å²) in [6.07, 6.45) is 23.8. The zero-order valence-electron chi connectivity index (χ0n) is 21.5. The Balaban J connectivity index is 0.000000342. The quantitative estimate of drug-likeness (QED) is 0.155. The van der Waals surface area contributed by atoms with Gasteiger partial charge >= 0.3 is 0 Å². The summed E-state index contributed by atoms with van der Waals surface area (Å²) in [5, 5.41) is 0.746. The van der Waals surface area contributed by atoms with Crippen molar-refractivity contribution in [2.75, 3.05) is 0 Å². The van der Waals surface area contributed by atoms with Crippen molar-refractivity contribution in [1.29, 1.82) is 0 Å². The van der Waals surface area contributed by atoms with Crippen LogP contribution < -0.4 is 0 Å². The molecule has 0 amide bonds. The predicted molar refractivity (Wildman–Crippen MR) is 149 cm³/mol. The summed E-state index contributed by atoms with van der Waals surface area (Å²) < 4.78 is 5.78. The number of rotatable bonds is 9. The number of nitrogens with zero attached hydrogens (tertiary/aromatic N) is 2. The minimum absolute atomic E-state index is 0.746. The van der Waals surface area contributed by atoms with Crippen molar-refractivity contribution in [3.8, 4) is 0 Å². The van der Waals surface area contributed by atoms with E-state index in [0.717, 1.165) is 40.0 Å². The first-order valence-corrected chi connectivity index (χ1v) is 12.3. The fourth-order valence-electron chi connectivity index (χ4n) is 2.32. The molecular weight excluding hydrogens is 436 g/mol. The van der Waals surface area contributed by atoms with E-state index in [1.165, 1.54) is 28.5 Å². The van der Waals surface area contributed by atoms with E-state index in [9.17, 15) is 0 Å². The summed E-state index contributed by atoms with van der Waals surface area (Å²) in [7, 11) is 0. The molecule has 4 heteroatoms. The van der Waals surface area contributed by atoms with Gasteiger partial charge in [-0.25, -0.2) is 9.97 Å². The van der Waals surface area contributed by atoms with Gasteiger partial charge in [0, 0.05) is 17.3 Å². The molecule has 0 unspecified atom stereocenters. The molecule has 0 atom stereocenters. The molecule has 2 rings (SSSR count). The maximum atomic E-state index is 5.78. The van der Waals surface area contributed by atoms with Crippen LogP contribution >= 0.6 is 11.8 Å². The molecule has 0 radical (unpaired) electrons. The Morgan fingerprint density at radius 1 is 1.03 bits per heavy atom. The van der Waals surface area contributed by atoms with Crippen molar-refractivity contribution in [1.82, 2.24) is 9.97 Å². The molecule has 1 aromatic heterocycles. The van der Waals surface area contributed by atoms with Crippen LogP contribution in [0.4, 0.5) is 0 Å². The lowest BCUT2D eigenvalue weighted by Crippen LogP contribution is -1.87. The second kappa shape index (κ2) is 16.5. The predicted octanol–water partition coefficient (Wildman–Crippen LogP) is 9.21. The molecule has 0 N–H and O–H groups in total. The standard InChI is InChI=1S/C17H22O.C13H16N2S/c1-13(2)15(4)10-11-16(5)18-17-8-6-7-14(3)9-12-17;1-4-11(3)7-8-12(5-2)16-13-14-9-6-10-15-13/h7-12H,1,6H2,2-5H3;5-10H,2,4H2,1,3H3/b15-10-,16-11+;11-7-,12-8+. The van der Waals surface area contributed by atoms with Crippen LogP contribution in [-0.2, 0) is 4.74 Å². The lowest BCUT2D eigenvalue weighted by atomic mass is 10.1. The Kier molecular flexibility index (Phi) is 14.0. The molecule has 0 fully saturated rings. The van der Waals surface area contributed by atoms with Gasteiger partial charge in [0.15, 0.2) is 5.16 Å².